The number of urea groups is 1. The molecule has 29 heavy (non-hydrogen) atoms. The Morgan fingerprint density at radius 1 is 1.24 bits per heavy atom. The number of esters is 1. The molecule has 2 atom stereocenters. The summed E-state index contributed by atoms with van der Waals surface area (Å²) >= 11 is 0. The summed E-state index contributed by atoms with van der Waals surface area (Å²) < 4.78 is 17.8. The molecule has 2 N–H and O–H groups in total. The molecule has 2 aromatic rings. The first kappa shape index (κ1) is 20.8. The summed E-state index contributed by atoms with van der Waals surface area (Å²) in [5.41, 5.74) is 2.09. The number of anilines is 1. The van der Waals surface area contributed by atoms with Crippen molar-refractivity contribution >= 4 is 17.7 Å². The Morgan fingerprint density at radius 2 is 2.00 bits per heavy atom. The first-order valence-corrected chi connectivity index (χ1v) is 9.66. The molecule has 0 saturated carbocycles. The maximum Gasteiger partial charge on any atom is 0.337 e. The summed E-state index contributed by atoms with van der Waals surface area (Å²) in [6.45, 7) is 0.804. The highest BCUT2D eigenvalue weighted by molar-refractivity contribution is 5.95. The number of amides is 2. The summed E-state index contributed by atoms with van der Waals surface area (Å²) in [7, 11) is 2.98. The number of hydrogen-bond donors (Lipinski definition) is 2. The lowest BCUT2D eigenvalue weighted by Gasteiger charge is -2.32. The van der Waals surface area contributed by atoms with Crippen LogP contribution in [-0.4, -0.2) is 38.9 Å². The number of carbonyl (C=O) groups excluding carboxylic acids is 2. The highest BCUT2D eigenvalue weighted by Gasteiger charge is 2.24. The van der Waals surface area contributed by atoms with Crippen molar-refractivity contribution in [3.8, 4) is 0 Å². The second-order valence-corrected chi connectivity index (χ2v) is 7.28. The third-order valence-electron chi connectivity index (χ3n) is 5.21. The van der Waals surface area contributed by atoms with Crippen LogP contribution in [0.1, 0.15) is 28.8 Å². The van der Waals surface area contributed by atoms with Gasteiger partial charge in [0, 0.05) is 12.7 Å². The van der Waals surface area contributed by atoms with Crippen LogP contribution < -0.4 is 15.5 Å². The van der Waals surface area contributed by atoms with Gasteiger partial charge in [0.25, 0.3) is 0 Å². The molecule has 7 heteroatoms. The molecular formula is C22H26FN3O3. The zero-order valence-electron chi connectivity index (χ0n) is 16.7. The van der Waals surface area contributed by atoms with Gasteiger partial charge in [-0.3, -0.25) is 10.2 Å². The molecule has 1 fully saturated rings. The fourth-order valence-corrected chi connectivity index (χ4v) is 3.57. The molecular weight excluding hydrogens is 373 g/mol. The van der Waals surface area contributed by atoms with E-state index in [1.54, 1.807) is 31.3 Å². The minimum atomic E-state index is -0.446. The van der Waals surface area contributed by atoms with Gasteiger partial charge in [-0.05, 0) is 67.6 Å². The molecule has 1 heterocycles. The third-order valence-corrected chi connectivity index (χ3v) is 5.21. The Hall–Kier alpha value is -2.93. The van der Waals surface area contributed by atoms with Gasteiger partial charge >= 0.3 is 12.0 Å². The van der Waals surface area contributed by atoms with Crippen molar-refractivity contribution in [3.63, 3.8) is 0 Å². The van der Waals surface area contributed by atoms with E-state index in [4.69, 9.17) is 4.74 Å². The number of hydrogen-bond acceptors (Lipinski definition) is 4. The minimum absolute atomic E-state index is 0.145. The molecule has 0 bridgehead atoms. The SMILES string of the molecule is COC(=O)c1cccc(N(C)C(=O)N[C@@H]2C[C@H](Cc3ccc(F)cc3)CCN2)c1. The summed E-state index contributed by atoms with van der Waals surface area (Å²) in [5.74, 6) is -0.276. The normalized spacial score (nSPS) is 18.7. The fraction of sp³-hybridized carbons (Fsp3) is 0.364. The number of ether oxygens (including phenoxy) is 1. The van der Waals surface area contributed by atoms with Gasteiger partial charge in [-0.15, -0.1) is 0 Å². The van der Waals surface area contributed by atoms with Crippen LogP contribution in [0.15, 0.2) is 48.5 Å². The number of benzene rings is 2. The fourth-order valence-electron chi connectivity index (χ4n) is 3.57. The molecule has 1 aliphatic rings. The minimum Gasteiger partial charge on any atom is -0.465 e. The smallest absolute Gasteiger partial charge is 0.337 e. The lowest BCUT2D eigenvalue weighted by molar-refractivity contribution is 0.0600. The lowest BCUT2D eigenvalue weighted by atomic mass is 9.89. The number of rotatable bonds is 5. The standard InChI is InChI=1S/C22H26FN3O3/c1-26(19-5-3-4-17(14-19)21(27)29-2)22(28)25-20-13-16(10-11-24-20)12-15-6-8-18(23)9-7-15/h3-9,14,16,20,24H,10-13H2,1-2H3,(H,25,28)/t16-,20+/m0/s1. The molecule has 1 aliphatic heterocycles. The topological polar surface area (TPSA) is 70.7 Å². The van der Waals surface area contributed by atoms with Crippen LogP contribution in [0.2, 0.25) is 0 Å². The van der Waals surface area contributed by atoms with E-state index in [0.717, 1.165) is 31.4 Å². The second kappa shape index (κ2) is 9.52. The summed E-state index contributed by atoms with van der Waals surface area (Å²) in [6.07, 6.45) is 2.50. The molecule has 1 saturated heterocycles. The summed E-state index contributed by atoms with van der Waals surface area (Å²) in [5, 5.41) is 6.33. The van der Waals surface area contributed by atoms with Gasteiger partial charge in [-0.2, -0.15) is 0 Å². The van der Waals surface area contributed by atoms with Crippen molar-refractivity contribution in [2.24, 2.45) is 5.92 Å². The molecule has 6 nitrogen and oxygen atoms in total. The molecule has 2 aromatic carbocycles. The largest absolute Gasteiger partial charge is 0.465 e. The van der Waals surface area contributed by atoms with Crippen LogP contribution in [0.5, 0.6) is 0 Å². The van der Waals surface area contributed by atoms with Crippen LogP contribution in [0, 0.1) is 11.7 Å². The summed E-state index contributed by atoms with van der Waals surface area (Å²) in [4.78, 5) is 25.9. The zero-order chi connectivity index (χ0) is 20.8. The van der Waals surface area contributed by atoms with Crippen molar-refractivity contribution in [1.82, 2.24) is 10.6 Å². The number of nitrogens with one attached hydrogen (secondary N) is 2. The Morgan fingerprint density at radius 3 is 2.72 bits per heavy atom. The predicted molar refractivity (Wildman–Crippen MR) is 109 cm³/mol. The Bertz CT molecular complexity index is 857. The summed E-state index contributed by atoms with van der Waals surface area (Å²) in [6, 6.07) is 13.1. The average Bonchev–Trinajstić information content (AvgIpc) is 2.74. The van der Waals surface area contributed by atoms with Crippen molar-refractivity contribution in [2.45, 2.75) is 25.4 Å². The lowest BCUT2D eigenvalue weighted by Crippen LogP contribution is -2.53. The number of piperidine rings is 1. The second-order valence-electron chi connectivity index (χ2n) is 7.28. The molecule has 0 radical (unpaired) electrons. The van der Waals surface area contributed by atoms with Crippen molar-refractivity contribution in [3.05, 3.63) is 65.5 Å². The molecule has 154 valence electrons. The highest BCUT2D eigenvalue weighted by Crippen LogP contribution is 2.21. The maximum absolute atomic E-state index is 13.1. The van der Waals surface area contributed by atoms with E-state index in [0.29, 0.717) is 17.2 Å². The number of methoxy groups -OCH3 is 1. The van der Waals surface area contributed by atoms with Gasteiger partial charge in [0.1, 0.15) is 5.82 Å². The Balaban J connectivity index is 1.58. The quantitative estimate of drug-likeness (QED) is 0.757. The number of halogens is 1. The van der Waals surface area contributed by atoms with Crippen LogP contribution in [0.4, 0.5) is 14.9 Å². The van der Waals surface area contributed by atoms with E-state index in [1.807, 2.05) is 12.1 Å². The molecule has 2 amide bonds. The Labute approximate surface area is 170 Å². The molecule has 0 aromatic heterocycles. The molecule has 0 spiro atoms. The van der Waals surface area contributed by atoms with Gasteiger partial charge in [0.05, 0.1) is 18.8 Å². The molecule has 0 aliphatic carbocycles. The molecule has 0 unspecified atom stereocenters. The van der Waals surface area contributed by atoms with Gasteiger partial charge in [0.15, 0.2) is 0 Å². The van der Waals surface area contributed by atoms with E-state index in [2.05, 4.69) is 10.6 Å². The first-order chi connectivity index (χ1) is 14.0. The predicted octanol–water partition coefficient (Wildman–Crippen LogP) is 3.33. The van der Waals surface area contributed by atoms with Gasteiger partial charge in [-0.1, -0.05) is 18.2 Å². The van der Waals surface area contributed by atoms with E-state index in [9.17, 15) is 14.0 Å². The van der Waals surface area contributed by atoms with E-state index in [1.165, 1.54) is 24.1 Å². The van der Waals surface area contributed by atoms with Crippen LogP contribution >= 0.6 is 0 Å². The van der Waals surface area contributed by atoms with Crippen molar-refractivity contribution < 1.29 is 18.7 Å². The zero-order valence-corrected chi connectivity index (χ0v) is 16.7. The first-order valence-electron chi connectivity index (χ1n) is 9.66. The van der Waals surface area contributed by atoms with Crippen molar-refractivity contribution in [1.29, 1.82) is 0 Å². The number of carbonyl (C=O) groups is 2. The monoisotopic (exact) mass is 399 g/mol. The third kappa shape index (κ3) is 5.54. The number of nitrogens with zero attached hydrogens (tertiary/aromatic N) is 1. The van der Waals surface area contributed by atoms with E-state index < -0.39 is 5.97 Å². The van der Waals surface area contributed by atoms with Crippen LogP contribution in [-0.2, 0) is 11.2 Å². The van der Waals surface area contributed by atoms with E-state index >= 15 is 0 Å². The van der Waals surface area contributed by atoms with Gasteiger partial charge in [0.2, 0.25) is 0 Å². The maximum atomic E-state index is 13.1. The average molecular weight is 399 g/mol. The van der Waals surface area contributed by atoms with Crippen LogP contribution in [0.25, 0.3) is 0 Å². The van der Waals surface area contributed by atoms with Gasteiger partial charge in [-0.25, -0.2) is 14.0 Å². The van der Waals surface area contributed by atoms with Crippen molar-refractivity contribution in [2.75, 3.05) is 25.6 Å². The Kier molecular flexibility index (Phi) is 6.82. The highest BCUT2D eigenvalue weighted by atomic mass is 19.1. The van der Waals surface area contributed by atoms with Gasteiger partial charge < -0.3 is 10.1 Å². The van der Waals surface area contributed by atoms with E-state index in [-0.39, 0.29) is 18.0 Å². The molecule has 3 rings (SSSR count). The van der Waals surface area contributed by atoms with Crippen LogP contribution in [0.3, 0.4) is 0 Å².